The van der Waals surface area contributed by atoms with E-state index in [1.807, 2.05) is 75.5 Å². The van der Waals surface area contributed by atoms with Crippen molar-refractivity contribution >= 4 is 16.9 Å². The summed E-state index contributed by atoms with van der Waals surface area (Å²) in [5.41, 5.74) is 5.90. The van der Waals surface area contributed by atoms with Crippen LogP contribution in [0.2, 0.25) is 0 Å². The Morgan fingerprint density at radius 3 is 2.48 bits per heavy atom. The van der Waals surface area contributed by atoms with Crippen molar-refractivity contribution in [1.82, 2.24) is 14.9 Å². The molecule has 3 aromatic carbocycles. The third-order valence-corrected chi connectivity index (χ3v) is 5.41. The standard InChI is InChI=1S/C25H25N3O/c1-17-13-14-18(2)20(15-17)25(29)27-22(19-9-5-4-6-10-19)16-24-26-21-11-7-8-12-23(21)28(24)3/h4-15,22H,16H2,1-3H3,(H,27,29)/t22-/m0/s1. The highest BCUT2D eigenvalue weighted by molar-refractivity contribution is 5.96. The Hall–Kier alpha value is -3.40. The molecule has 1 amide bonds. The lowest BCUT2D eigenvalue weighted by atomic mass is 10.0. The molecule has 4 nitrogen and oxygen atoms in total. The van der Waals surface area contributed by atoms with E-state index in [4.69, 9.17) is 4.98 Å². The lowest BCUT2D eigenvalue weighted by Gasteiger charge is -2.20. The van der Waals surface area contributed by atoms with Crippen LogP contribution < -0.4 is 5.32 Å². The summed E-state index contributed by atoms with van der Waals surface area (Å²) in [4.78, 5) is 17.9. The molecular formula is C25H25N3O. The van der Waals surface area contributed by atoms with Gasteiger partial charge in [0, 0.05) is 19.0 Å². The zero-order chi connectivity index (χ0) is 20.4. The first kappa shape index (κ1) is 18.9. The van der Waals surface area contributed by atoms with Gasteiger partial charge in [-0.05, 0) is 43.2 Å². The van der Waals surface area contributed by atoms with Crippen LogP contribution in [0.1, 0.15) is 38.9 Å². The highest BCUT2D eigenvalue weighted by atomic mass is 16.1. The molecule has 4 heteroatoms. The van der Waals surface area contributed by atoms with Gasteiger partial charge in [-0.3, -0.25) is 4.79 Å². The van der Waals surface area contributed by atoms with Crippen LogP contribution in [0, 0.1) is 13.8 Å². The largest absolute Gasteiger partial charge is 0.345 e. The van der Waals surface area contributed by atoms with E-state index in [1.54, 1.807) is 0 Å². The Labute approximate surface area is 171 Å². The first-order valence-corrected chi connectivity index (χ1v) is 9.86. The first-order chi connectivity index (χ1) is 14.0. The van der Waals surface area contributed by atoms with E-state index in [1.165, 1.54) is 0 Å². The summed E-state index contributed by atoms with van der Waals surface area (Å²) in [7, 11) is 2.03. The highest BCUT2D eigenvalue weighted by Gasteiger charge is 2.20. The summed E-state index contributed by atoms with van der Waals surface area (Å²) in [6.07, 6.45) is 0.617. The second kappa shape index (κ2) is 7.92. The number of fused-ring (bicyclic) bond motifs is 1. The van der Waals surface area contributed by atoms with Crippen LogP contribution in [-0.2, 0) is 13.5 Å². The number of para-hydroxylation sites is 2. The maximum atomic E-state index is 13.1. The van der Waals surface area contributed by atoms with Crippen molar-refractivity contribution in [3.63, 3.8) is 0 Å². The van der Waals surface area contributed by atoms with Crippen molar-refractivity contribution in [2.45, 2.75) is 26.3 Å². The van der Waals surface area contributed by atoms with E-state index in [2.05, 4.69) is 28.1 Å². The van der Waals surface area contributed by atoms with Crippen molar-refractivity contribution in [1.29, 1.82) is 0 Å². The van der Waals surface area contributed by atoms with Gasteiger partial charge in [-0.25, -0.2) is 4.98 Å². The smallest absolute Gasteiger partial charge is 0.252 e. The summed E-state index contributed by atoms with van der Waals surface area (Å²) in [5, 5.41) is 3.25. The van der Waals surface area contributed by atoms with Gasteiger partial charge in [0.1, 0.15) is 5.82 Å². The number of benzene rings is 3. The predicted molar refractivity (Wildman–Crippen MR) is 117 cm³/mol. The van der Waals surface area contributed by atoms with Gasteiger partial charge >= 0.3 is 0 Å². The topological polar surface area (TPSA) is 46.9 Å². The Morgan fingerprint density at radius 2 is 1.72 bits per heavy atom. The maximum Gasteiger partial charge on any atom is 0.252 e. The molecule has 0 bridgehead atoms. The van der Waals surface area contributed by atoms with Crippen LogP contribution in [0.3, 0.4) is 0 Å². The molecule has 0 aliphatic rings. The van der Waals surface area contributed by atoms with Crippen LogP contribution in [0.4, 0.5) is 0 Å². The molecule has 0 spiro atoms. The van der Waals surface area contributed by atoms with Crippen LogP contribution in [0.5, 0.6) is 0 Å². The minimum atomic E-state index is -0.167. The molecule has 29 heavy (non-hydrogen) atoms. The van der Waals surface area contributed by atoms with Gasteiger partial charge in [0.15, 0.2) is 0 Å². The average molecular weight is 383 g/mol. The Kier molecular flexibility index (Phi) is 5.17. The third-order valence-electron chi connectivity index (χ3n) is 5.41. The fraction of sp³-hybridized carbons (Fsp3) is 0.200. The second-order valence-corrected chi connectivity index (χ2v) is 7.53. The molecule has 0 saturated heterocycles. The maximum absolute atomic E-state index is 13.1. The van der Waals surface area contributed by atoms with Gasteiger partial charge in [0.25, 0.3) is 5.91 Å². The van der Waals surface area contributed by atoms with Crippen LogP contribution in [-0.4, -0.2) is 15.5 Å². The molecule has 1 aromatic heterocycles. The molecule has 1 N–H and O–H groups in total. The Morgan fingerprint density at radius 1 is 1.00 bits per heavy atom. The number of aromatic nitrogens is 2. The third kappa shape index (κ3) is 3.92. The van der Waals surface area contributed by atoms with Gasteiger partial charge in [-0.1, -0.05) is 60.2 Å². The number of nitrogens with zero attached hydrogens (tertiary/aromatic N) is 2. The molecule has 4 aromatic rings. The van der Waals surface area contributed by atoms with Crippen molar-refractivity contribution in [3.8, 4) is 0 Å². The van der Waals surface area contributed by atoms with E-state index >= 15 is 0 Å². The van der Waals surface area contributed by atoms with Crippen molar-refractivity contribution in [2.24, 2.45) is 7.05 Å². The molecule has 0 aliphatic carbocycles. The molecule has 146 valence electrons. The lowest BCUT2D eigenvalue weighted by molar-refractivity contribution is 0.0935. The number of imidazole rings is 1. The van der Waals surface area contributed by atoms with Gasteiger partial charge in [0.05, 0.1) is 17.1 Å². The SMILES string of the molecule is Cc1ccc(C)c(C(=O)N[C@@H](Cc2nc3ccccc3n2C)c2ccccc2)c1. The molecule has 0 unspecified atom stereocenters. The molecule has 0 radical (unpaired) electrons. The zero-order valence-corrected chi connectivity index (χ0v) is 17.0. The van der Waals surface area contributed by atoms with E-state index in [9.17, 15) is 4.79 Å². The average Bonchev–Trinajstić information content (AvgIpc) is 3.05. The number of carbonyl (C=O) groups is 1. The fourth-order valence-corrected chi connectivity index (χ4v) is 3.71. The quantitative estimate of drug-likeness (QED) is 0.533. The molecule has 0 saturated carbocycles. The number of hydrogen-bond acceptors (Lipinski definition) is 2. The molecule has 4 rings (SSSR count). The summed E-state index contributed by atoms with van der Waals surface area (Å²) < 4.78 is 2.11. The minimum Gasteiger partial charge on any atom is -0.345 e. The van der Waals surface area contributed by atoms with E-state index in [0.717, 1.165) is 39.1 Å². The Bertz CT molecular complexity index is 1160. The monoisotopic (exact) mass is 383 g/mol. The highest BCUT2D eigenvalue weighted by Crippen LogP contribution is 2.22. The zero-order valence-electron chi connectivity index (χ0n) is 17.0. The van der Waals surface area contributed by atoms with Gasteiger partial charge in [-0.15, -0.1) is 0 Å². The van der Waals surface area contributed by atoms with Crippen LogP contribution >= 0.6 is 0 Å². The summed E-state index contributed by atoms with van der Waals surface area (Å²) in [6, 6.07) is 24.0. The summed E-state index contributed by atoms with van der Waals surface area (Å²) in [5.74, 6) is 0.889. The second-order valence-electron chi connectivity index (χ2n) is 7.53. The van der Waals surface area contributed by atoms with Crippen LogP contribution in [0.15, 0.2) is 72.8 Å². The molecule has 0 fully saturated rings. The fourth-order valence-electron chi connectivity index (χ4n) is 3.71. The number of nitrogens with one attached hydrogen (secondary N) is 1. The molecular weight excluding hydrogens is 358 g/mol. The van der Waals surface area contributed by atoms with E-state index < -0.39 is 0 Å². The van der Waals surface area contributed by atoms with Gasteiger partial charge in [0.2, 0.25) is 0 Å². The number of hydrogen-bond donors (Lipinski definition) is 1. The van der Waals surface area contributed by atoms with E-state index in [-0.39, 0.29) is 11.9 Å². The summed E-state index contributed by atoms with van der Waals surface area (Å²) in [6.45, 7) is 3.97. The van der Waals surface area contributed by atoms with Crippen molar-refractivity contribution in [2.75, 3.05) is 0 Å². The van der Waals surface area contributed by atoms with Gasteiger partial charge < -0.3 is 9.88 Å². The predicted octanol–water partition coefficient (Wildman–Crippen LogP) is 4.90. The number of rotatable bonds is 5. The van der Waals surface area contributed by atoms with Gasteiger partial charge in [-0.2, -0.15) is 0 Å². The normalized spacial score (nSPS) is 12.1. The first-order valence-electron chi connectivity index (χ1n) is 9.86. The molecule has 0 aliphatic heterocycles. The minimum absolute atomic E-state index is 0.0567. The van der Waals surface area contributed by atoms with E-state index in [0.29, 0.717) is 6.42 Å². The Balaban J connectivity index is 1.67. The number of carbonyl (C=O) groups excluding carboxylic acids is 1. The lowest BCUT2D eigenvalue weighted by Crippen LogP contribution is -2.31. The molecule has 1 atom stereocenters. The molecule has 1 heterocycles. The van der Waals surface area contributed by atoms with Crippen LogP contribution in [0.25, 0.3) is 11.0 Å². The van der Waals surface area contributed by atoms with Crippen molar-refractivity contribution in [3.05, 3.63) is 101 Å². The number of amides is 1. The summed E-state index contributed by atoms with van der Waals surface area (Å²) >= 11 is 0. The van der Waals surface area contributed by atoms with Crippen molar-refractivity contribution < 1.29 is 4.79 Å². The number of aryl methyl sites for hydroxylation is 3.